The minimum absolute atomic E-state index is 0.0720. The molecule has 5 heteroatoms. The lowest BCUT2D eigenvalue weighted by Gasteiger charge is -2.11. The van der Waals surface area contributed by atoms with Crippen LogP contribution in [0.2, 0.25) is 0 Å². The molecule has 2 aromatic rings. The van der Waals surface area contributed by atoms with E-state index >= 15 is 0 Å². The van der Waals surface area contributed by atoms with Gasteiger partial charge in [-0.15, -0.1) is 0 Å². The Hall–Kier alpha value is -1.91. The molecule has 0 aliphatic carbocycles. The number of aromatic nitrogens is 4. The summed E-state index contributed by atoms with van der Waals surface area (Å²) in [7, 11) is 0. The Bertz CT molecular complexity index is 406. The van der Waals surface area contributed by atoms with Crippen LogP contribution in [0.25, 0.3) is 0 Å². The first kappa shape index (κ1) is 9.64. The molecule has 2 heterocycles. The molecule has 0 amide bonds. The molecule has 0 aliphatic heterocycles. The second kappa shape index (κ2) is 4.08. The molecule has 1 atom stereocenters. The van der Waals surface area contributed by atoms with Gasteiger partial charge in [0, 0.05) is 6.20 Å². The van der Waals surface area contributed by atoms with Crippen LogP contribution in [0.15, 0.2) is 24.7 Å². The van der Waals surface area contributed by atoms with E-state index in [4.69, 9.17) is 0 Å². The third-order valence-electron chi connectivity index (χ3n) is 2.12. The highest BCUT2D eigenvalue weighted by atomic mass is 15.2. The van der Waals surface area contributed by atoms with Gasteiger partial charge in [0.15, 0.2) is 0 Å². The lowest BCUT2D eigenvalue weighted by Crippen LogP contribution is -2.09. The van der Waals surface area contributed by atoms with Gasteiger partial charge in [0.2, 0.25) is 0 Å². The first-order chi connectivity index (χ1) is 7.25. The molecule has 0 aromatic carbocycles. The van der Waals surface area contributed by atoms with Gasteiger partial charge in [-0.05, 0) is 25.5 Å². The van der Waals surface area contributed by atoms with E-state index in [9.17, 15) is 0 Å². The maximum absolute atomic E-state index is 4.25. The maximum atomic E-state index is 4.25. The Kier molecular flexibility index (Phi) is 2.62. The first-order valence-corrected chi connectivity index (χ1v) is 4.80. The zero-order valence-corrected chi connectivity index (χ0v) is 8.73. The van der Waals surface area contributed by atoms with Gasteiger partial charge in [-0.1, -0.05) is 6.07 Å². The molecule has 0 aliphatic rings. The molecule has 78 valence electrons. The van der Waals surface area contributed by atoms with Crippen molar-refractivity contribution in [3.05, 3.63) is 36.0 Å². The summed E-state index contributed by atoms with van der Waals surface area (Å²) in [4.78, 5) is 8.33. The minimum Gasteiger partial charge on any atom is -0.360 e. The van der Waals surface area contributed by atoms with Crippen molar-refractivity contribution in [2.24, 2.45) is 0 Å². The summed E-state index contributed by atoms with van der Waals surface area (Å²) in [5.41, 5.74) is 1.15. The predicted molar refractivity (Wildman–Crippen MR) is 57.4 cm³/mol. The van der Waals surface area contributed by atoms with Gasteiger partial charge < -0.3 is 5.32 Å². The summed E-state index contributed by atoms with van der Waals surface area (Å²) in [5, 5.41) is 9.85. The molecule has 2 rings (SSSR count). The van der Waals surface area contributed by atoms with Gasteiger partial charge in [-0.25, -0.2) is 9.97 Å². The van der Waals surface area contributed by atoms with Crippen molar-refractivity contribution in [3.63, 3.8) is 0 Å². The van der Waals surface area contributed by atoms with E-state index in [1.165, 1.54) is 6.33 Å². The Labute approximate surface area is 88.0 Å². The van der Waals surface area contributed by atoms with E-state index in [1.807, 2.05) is 32.2 Å². The van der Waals surface area contributed by atoms with Crippen LogP contribution >= 0.6 is 0 Å². The molecule has 0 radical (unpaired) electrons. The lowest BCUT2D eigenvalue weighted by molar-refractivity contribution is 0.790. The number of hydrogen-bond donors (Lipinski definition) is 2. The van der Waals surface area contributed by atoms with E-state index in [-0.39, 0.29) is 6.04 Å². The fraction of sp³-hybridized carbons (Fsp3) is 0.300. The van der Waals surface area contributed by atoms with Crippen LogP contribution in [-0.4, -0.2) is 20.2 Å². The Morgan fingerprint density at radius 3 is 2.80 bits per heavy atom. The number of rotatable bonds is 3. The monoisotopic (exact) mass is 203 g/mol. The van der Waals surface area contributed by atoms with Crippen molar-refractivity contribution in [3.8, 4) is 0 Å². The molecule has 2 aromatic heterocycles. The molecule has 0 spiro atoms. The van der Waals surface area contributed by atoms with Gasteiger partial charge in [0.1, 0.15) is 18.0 Å². The average Bonchev–Trinajstić information content (AvgIpc) is 2.74. The summed E-state index contributed by atoms with van der Waals surface area (Å²) >= 11 is 0. The van der Waals surface area contributed by atoms with Crippen molar-refractivity contribution in [1.29, 1.82) is 0 Å². The van der Waals surface area contributed by atoms with Crippen LogP contribution in [-0.2, 0) is 0 Å². The van der Waals surface area contributed by atoms with Gasteiger partial charge in [0.25, 0.3) is 0 Å². The van der Waals surface area contributed by atoms with Crippen LogP contribution in [0.5, 0.6) is 0 Å². The Morgan fingerprint density at radius 1 is 1.33 bits per heavy atom. The molecule has 5 nitrogen and oxygen atoms in total. The van der Waals surface area contributed by atoms with E-state index < -0.39 is 0 Å². The van der Waals surface area contributed by atoms with Gasteiger partial charge >= 0.3 is 0 Å². The molecule has 1 unspecified atom stereocenters. The lowest BCUT2D eigenvalue weighted by atomic mass is 10.3. The summed E-state index contributed by atoms with van der Waals surface area (Å²) in [6.45, 7) is 4.01. The standard InChI is InChI=1S/C10H13N5/c1-7-3-4-9(11-5-7)14-8(2)10-12-6-13-15-10/h3-6,8H,1-2H3,(H,11,14)(H,12,13,15). The summed E-state index contributed by atoms with van der Waals surface area (Å²) in [6.07, 6.45) is 3.32. The highest BCUT2D eigenvalue weighted by Gasteiger charge is 2.07. The molecule has 0 saturated heterocycles. The van der Waals surface area contributed by atoms with Gasteiger partial charge in [0.05, 0.1) is 6.04 Å². The number of aryl methyl sites for hydroxylation is 1. The van der Waals surface area contributed by atoms with E-state index in [2.05, 4.69) is 25.5 Å². The summed E-state index contributed by atoms with van der Waals surface area (Å²) in [6, 6.07) is 4.03. The van der Waals surface area contributed by atoms with Crippen molar-refractivity contribution >= 4 is 5.82 Å². The fourth-order valence-corrected chi connectivity index (χ4v) is 1.27. The van der Waals surface area contributed by atoms with Crippen LogP contribution in [0.3, 0.4) is 0 Å². The zero-order valence-electron chi connectivity index (χ0n) is 8.73. The fourth-order valence-electron chi connectivity index (χ4n) is 1.27. The van der Waals surface area contributed by atoms with Crippen LogP contribution in [0.1, 0.15) is 24.4 Å². The van der Waals surface area contributed by atoms with Gasteiger partial charge in [-0.3, -0.25) is 5.10 Å². The Morgan fingerprint density at radius 2 is 2.20 bits per heavy atom. The molecule has 0 fully saturated rings. The van der Waals surface area contributed by atoms with E-state index in [0.717, 1.165) is 17.2 Å². The molecular weight excluding hydrogens is 190 g/mol. The number of nitrogens with one attached hydrogen (secondary N) is 2. The van der Waals surface area contributed by atoms with Crippen LogP contribution in [0, 0.1) is 6.92 Å². The second-order valence-electron chi connectivity index (χ2n) is 3.46. The molecule has 0 saturated carbocycles. The molecule has 0 bridgehead atoms. The van der Waals surface area contributed by atoms with E-state index in [0.29, 0.717) is 0 Å². The quantitative estimate of drug-likeness (QED) is 0.796. The first-order valence-electron chi connectivity index (χ1n) is 4.80. The highest BCUT2D eigenvalue weighted by molar-refractivity contribution is 5.36. The van der Waals surface area contributed by atoms with E-state index in [1.54, 1.807) is 0 Å². The number of anilines is 1. The molecule has 2 N–H and O–H groups in total. The van der Waals surface area contributed by atoms with Crippen LogP contribution in [0.4, 0.5) is 5.82 Å². The number of nitrogens with zero attached hydrogens (tertiary/aromatic N) is 3. The third kappa shape index (κ3) is 2.31. The topological polar surface area (TPSA) is 66.5 Å². The number of pyridine rings is 1. The predicted octanol–water partition coefficient (Wildman–Crippen LogP) is 1.68. The number of H-pyrrole nitrogens is 1. The highest BCUT2D eigenvalue weighted by Crippen LogP contribution is 2.13. The third-order valence-corrected chi connectivity index (χ3v) is 2.12. The number of hydrogen-bond acceptors (Lipinski definition) is 4. The summed E-state index contributed by atoms with van der Waals surface area (Å²) in [5.74, 6) is 1.64. The molecule has 15 heavy (non-hydrogen) atoms. The SMILES string of the molecule is Cc1ccc(NC(C)c2ncn[nH]2)nc1. The largest absolute Gasteiger partial charge is 0.360 e. The van der Waals surface area contributed by atoms with Crippen molar-refractivity contribution in [1.82, 2.24) is 20.2 Å². The van der Waals surface area contributed by atoms with Crippen molar-refractivity contribution < 1.29 is 0 Å². The van der Waals surface area contributed by atoms with Crippen molar-refractivity contribution in [2.45, 2.75) is 19.9 Å². The van der Waals surface area contributed by atoms with Crippen molar-refractivity contribution in [2.75, 3.05) is 5.32 Å². The summed E-state index contributed by atoms with van der Waals surface area (Å²) < 4.78 is 0. The second-order valence-corrected chi connectivity index (χ2v) is 3.46. The molecular formula is C10H13N5. The van der Waals surface area contributed by atoms with Gasteiger partial charge in [-0.2, -0.15) is 5.10 Å². The van der Waals surface area contributed by atoms with Crippen LogP contribution < -0.4 is 5.32 Å². The smallest absolute Gasteiger partial charge is 0.146 e. The number of aromatic amines is 1. The Balaban J connectivity index is 2.06. The zero-order chi connectivity index (χ0) is 10.7. The normalized spacial score (nSPS) is 12.4. The minimum atomic E-state index is 0.0720. The maximum Gasteiger partial charge on any atom is 0.146 e. The average molecular weight is 203 g/mol.